The number of aromatic nitrogens is 1. The predicted octanol–water partition coefficient (Wildman–Crippen LogP) is 6.56. The molecule has 1 nitrogen and oxygen atoms in total. The third-order valence-corrected chi connectivity index (χ3v) is 6.77. The molecular weight excluding hydrogens is 350 g/mol. The summed E-state index contributed by atoms with van der Waals surface area (Å²) in [5.74, 6) is 0. The van der Waals surface area contributed by atoms with Gasteiger partial charge in [-0.3, -0.25) is 0 Å². The topological polar surface area (TPSA) is 3.88 Å². The Morgan fingerprint density at radius 3 is 2.38 bits per heavy atom. The quantitative estimate of drug-likeness (QED) is 0.330. The van der Waals surface area contributed by atoms with Crippen LogP contribution < -0.4 is 4.57 Å². The molecule has 0 bridgehead atoms. The maximum atomic E-state index is 8.69. The Kier molecular flexibility index (Phi) is 3.53. The largest absolute Gasteiger partial charge is 0.220 e. The molecule has 1 heterocycles. The summed E-state index contributed by atoms with van der Waals surface area (Å²) in [5.41, 5.74) is 11.4. The van der Waals surface area contributed by atoms with Crippen LogP contribution >= 0.6 is 0 Å². The highest BCUT2D eigenvalue weighted by atomic mass is 14.9. The first-order valence-electron chi connectivity index (χ1n) is 10.9. The van der Waals surface area contributed by atoms with Crippen molar-refractivity contribution in [2.45, 2.75) is 40.0 Å². The molecule has 0 saturated heterocycles. The van der Waals surface area contributed by atoms with Gasteiger partial charge in [-0.15, -0.1) is 0 Å². The summed E-state index contributed by atoms with van der Waals surface area (Å²) < 4.78 is 10.9. The number of fused-ring (bicyclic) bond motifs is 4. The molecule has 0 fully saturated rings. The van der Waals surface area contributed by atoms with Crippen LogP contribution in [0.1, 0.15) is 43.2 Å². The van der Waals surface area contributed by atoms with E-state index in [4.69, 9.17) is 1.37 Å². The van der Waals surface area contributed by atoms with E-state index in [2.05, 4.69) is 101 Å². The van der Waals surface area contributed by atoms with Crippen LogP contribution in [0.4, 0.5) is 0 Å². The Morgan fingerprint density at radius 1 is 0.828 bits per heavy atom. The summed E-state index contributed by atoms with van der Waals surface area (Å²) in [7, 11) is 2.09. The highest BCUT2D eigenvalue weighted by molar-refractivity contribution is 5.95. The van der Waals surface area contributed by atoms with Gasteiger partial charge in [0.15, 0.2) is 5.69 Å². The van der Waals surface area contributed by atoms with Crippen LogP contribution in [0.25, 0.3) is 33.2 Å². The molecule has 1 aliphatic carbocycles. The fourth-order valence-corrected chi connectivity index (χ4v) is 5.03. The minimum atomic E-state index is -0.0241. The molecule has 0 radical (unpaired) electrons. The third-order valence-electron chi connectivity index (χ3n) is 6.77. The van der Waals surface area contributed by atoms with Gasteiger partial charge < -0.3 is 0 Å². The van der Waals surface area contributed by atoms with Crippen LogP contribution in [-0.4, -0.2) is 0 Å². The summed E-state index contributed by atoms with van der Waals surface area (Å²) in [6.07, 6.45) is 0. The van der Waals surface area contributed by atoms with Crippen molar-refractivity contribution in [2.75, 3.05) is 0 Å². The summed E-state index contributed by atoms with van der Waals surface area (Å²) in [6.45, 7) is 11.0. The van der Waals surface area contributed by atoms with Crippen molar-refractivity contribution in [3.8, 4) is 22.4 Å². The fourth-order valence-electron chi connectivity index (χ4n) is 5.03. The summed E-state index contributed by atoms with van der Waals surface area (Å²) in [5, 5.41) is 2.18. The second-order valence-electron chi connectivity index (χ2n) is 9.05. The molecule has 29 heavy (non-hydrogen) atoms. The Hall–Kier alpha value is -2.93. The molecule has 0 atom stereocenters. The van der Waals surface area contributed by atoms with E-state index in [1.54, 1.807) is 0 Å². The first-order valence-corrected chi connectivity index (χ1v) is 10.4. The number of hydrogen-bond donors (Lipinski definition) is 0. The number of nitrogens with zero attached hydrogens (tertiary/aromatic N) is 1. The fraction of sp³-hybridized carbons (Fsp3) is 0.250. The van der Waals surface area contributed by atoms with Crippen molar-refractivity contribution < 1.29 is 5.94 Å². The first kappa shape index (κ1) is 17.0. The van der Waals surface area contributed by atoms with Crippen LogP contribution in [0.15, 0.2) is 60.6 Å². The van der Waals surface area contributed by atoms with Crippen LogP contribution in [0.5, 0.6) is 0 Å². The second kappa shape index (κ2) is 6.03. The monoisotopic (exact) mass is 379 g/mol. The van der Waals surface area contributed by atoms with Crippen LogP contribution in [-0.2, 0) is 12.5 Å². The number of rotatable bonds is 1. The maximum Gasteiger partial charge on any atom is 0.220 e. The average molecular weight is 380 g/mol. The van der Waals surface area contributed by atoms with Gasteiger partial charge in [0.1, 0.15) is 7.05 Å². The lowest BCUT2D eigenvalue weighted by Crippen LogP contribution is -2.35. The van der Waals surface area contributed by atoms with Gasteiger partial charge in [0, 0.05) is 18.4 Å². The molecule has 1 heteroatoms. The minimum absolute atomic E-state index is 0.0241. The van der Waals surface area contributed by atoms with Gasteiger partial charge in [0.05, 0.1) is 12.3 Å². The summed E-state index contributed by atoms with van der Waals surface area (Å²) in [4.78, 5) is 0. The Labute approximate surface area is 175 Å². The van der Waals surface area contributed by atoms with Crippen molar-refractivity contribution in [3.63, 3.8) is 0 Å². The molecule has 1 aromatic heterocycles. The molecule has 144 valence electrons. The van der Waals surface area contributed by atoms with Gasteiger partial charge in [0.2, 0.25) is 5.69 Å². The van der Waals surface area contributed by atoms with E-state index in [0.717, 1.165) is 16.5 Å². The molecule has 3 aromatic carbocycles. The predicted molar refractivity (Wildman–Crippen MR) is 122 cm³/mol. The Balaban J connectivity index is 1.87. The van der Waals surface area contributed by atoms with Crippen LogP contribution in [0.3, 0.4) is 0 Å². The van der Waals surface area contributed by atoms with Gasteiger partial charge in [-0.2, -0.15) is 4.57 Å². The molecular formula is C28H28N+. The molecule has 5 rings (SSSR count). The lowest BCUT2D eigenvalue weighted by atomic mass is 9.81. The van der Waals surface area contributed by atoms with Gasteiger partial charge in [-0.1, -0.05) is 61.9 Å². The van der Waals surface area contributed by atoms with E-state index in [0.29, 0.717) is 6.04 Å². The van der Waals surface area contributed by atoms with Crippen molar-refractivity contribution >= 4 is 10.8 Å². The van der Waals surface area contributed by atoms with E-state index in [1.165, 1.54) is 44.6 Å². The minimum Gasteiger partial charge on any atom is -0.198 e. The normalized spacial score (nSPS) is 14.6. The smallest absolute Gasteiger partial charge is 0.198 e. The van der Waals surface area contributed by atoms with E-state index in [1.807, 2.05) is 0 Å². The SMILES string of the molecule is [2H]c1c(C)[n+](C)c(-c2cc3c(cc2C)-c2ccccc2C3(C)C)c2ccc(C)cc12. The van der Waals surface area contributed by atoms with Crippen molar-refractivity contribution in [1.82, 2.24) is 0 Å². The molecule has 0 spiro atoms. The van der Waals surface area contributed by atoms with E-state index in [9.17, 15) is 0 Å². The van der Waals surface area contributed by atoms with Crippen molar-refractivity contribution in [3.05, 3.63) is 88.6 Å². The number of aryl methyl sites for hydroxylation is 2. The van der Waals surface area contributed by atoms with E-state index < -0.39 is 0 Å². The lowest BCUT2D eigenvalue weighted by Gasteiger charge is -2.22. The van der Waals surface area contributed by atoms with E-state index in [-0.39, 0.29) is 5.41 Å². The number of pyridine rings is 1. The molecule has 4 aromatic rings. The number of hydrogen-bond acceptors (Lipinski definition) is 0. The highest BCUT2D eigenvalue weighted by Crippen LogP contribution is 2.50. The molecule has 0 amide bonds. The zero-order chi connectivity index (χ0) is 21.4. The molecule has 0 unspecified atom stereocenters. The van der Waals surface area contributed by atoms with Crippen molar-refractivity contribution in [2.24, 2.45) is 7.05 Å². The van der Waals surface area contributed by atoms with Crippen LogP contribution in [0.2, 0.25) is 0 Å². The molecule has 0 saturated carbocycles. The van der Waals surface area contributed by atoms with Gasteiger partial charge in [-0.25, -0.2) is 0 Å². The summed E-state index contributed by atoms with van der Waals surface area (Å²) in [6, 6.07) is 20.7. The molecule has 0 aliphatic heterocycles. The molecule has 1 aliphatic rings. The second-order valence-corrected chi connectivity index (χ2v) is 9.05. The first-order chi connectivity index (χ1) is 14.2. The maximum absolute atomic E-state index is 8.69. The third kappa shape index (κ3) is 2.50. The summed E-state index contributed by atoms with van der Waals surface area (Å²) >= 11 is 0. The number of benzene rings is 3. The highest BCUT2D eigenvalue weighted by Gasteiger charge is 2.36. The zero-order valence-electron chi connectivity index (χ0n) is 19.1. The zero-order valence-corrected chi connectivity index (χ0v) is 18.1. The Bertz CT molecular complexity index is 1360. The van der Waals surface area contributed by atoms with Gasteiger partial charge in [0.25, 0.3) is 0 Å². The van der Waals surface area contributed by atoms with Crippen LogP contribution in [0, 0.1) is 20.8 Å². The average Bonchev–Trinajstić information content (AvgIpc) is 2.94. The molecule has 0 N–H and O–H groups in total. The van der Waals surface area contributed by atoms with Crippen molar-refractivity contribution in [1.29, 1.82) is 0 Å². The van der Waals surface area contributed by atoms with Gasteiger partial charge in [-0.05, 0) is 59.2 Å². The standard InChI is InChI=1S/C28H28N/c1-17-11-12-21-20(13-17)15-19(3)29(6)27(21)23-16-26-24(14-18(23)2)22-9-7-8-10-25(22)28(26,4)5/h7-16H,1-6H3/q+1/i15D. The van der Waals surface area contributed by atoms with Gasteiger partial charge >= 0.3 is 0 Å². The Morgan fingerprint density at radius 2 is 1.59 bits per heavy atom. The van der Waals surface area contributed by atoms with E-state index >= 15 is 0 Å². The lowest BCUT2D eigenvalue weighted by molar-refractivity contribution is -0.665.